The Hall–Kier alpha value is -0.990. The zero-order valence-corrected chi connectivity index (χ0v) is 7.26. The van der Waals surface area contributed by atoms with Crippen LogP contribution in [0.3, 0.4) is 0 Å². The van der Waals surface area contributed by atoms with Gasteiger partial charge in [0.15, 0.2) is 0 Å². The lowest BCUT2D eigenvalue weighted by atomic mass is 10.3. The number of carbonyl (C=O) groups excluding carboxylic acids is 1. The van der Waals surface area contributed by atoms with Gasteiger partial charge < -0.3 is 10.5 Å². The van der Waals surface area contributed by atoms with Crippen molar-refractivity contribution in [3.63, 3.8) is 0 Å². The highest BCUT2D eigenvalue weighted by Crippen LogP contribution is 1.97. The van der Waals surface area contributed by atoms with Gasteiger partial charge in [0, 0.05) is 11.8 Å². The number of carbonyl (C=O) groups is 1. The second-order valence-corrected chi connectivity index (χ2v) is 2.54. The highest BCUT2D eigenvalue weighted by molar-refractivity contribution is 5.82. The van der Waals surface area contributed by atoms with E-state index in [1.807, 2.05) is 13.8 Å². The van der Waals surface area contributed by atoms with E-state index in [1.165, 1.54) is 6.08 Å². The fraction of sp³-hybridized carbons (Fsp3) is 0.625. The lowest BCUT2D eigenvalue weighted by Crippen LogP contribution is -2.12. The summed E-state index contributed by atoms with van der Waals surface area (Å²) in [7, 11) is 0. The standard InChI is InChI=1S/C8H15NO2/c1-4-7(3)11-8(10)5-6(2)9/h5,7H,4,9H2,1-3H3/b6-5-. The van der Waals surface area contributed by atoms with Gasteiger partial charge in [0.1, 0.15) is 0 Å². The molecule has 0 saturated heterocycles. The summed E-state index contributed by atoms with van der Waals surface area (Å²) in [5, 5.41) is 0. The summed E-state index contributed by atoms with van der Waals surface area (Å²) in [6.07, 6.45) is 2.08. The van der Waals surface area contributed by atoms with Crippen LogP contribution in [0.25, 0.3) is 0 Å². The zero-order chi connectivity index (χ0) is 8.85. The molecule has 64 valence electrons. The molecule has 0 aromatic carbocycles. The third-order valence-electron chi connectivity index (χ3n) is 1.24. The first kappa shape index (κ1) is 10.0. The molecule has 0 bridgehead atoms. The summed E-state index contributed by atoms with van der Waals surface area (Å²) in [6.45, 7) is 5.45. The smallest absolute Gasteiger partial charge is 0.332 e. The Kier molecular flexibility index (Phi) is 4.34. The number of allylic oxidation sites excluding steroid dienone is 1. The number of ether oxygens (including phenoxy) is 1. The van der Waals surface area contributed by atoms with Gasteiger partial charge in [-0.2, -0.15) is 0 Å². The van der Waals surface area contributed by atoms with Crippen molar-refractivity contribution in [1.29, 1.82) is 0 Å². The van der Waals surface area contributed by atoms with Crippen molar-refractivity contribution in [2.45, 2.75) is 33.3 Å². The van der Waals surface area contributed by atoms with Crippen LogP contribution in [0.15, 0.2) is 11.8 Å². The first-order valence-electron chi connectivity index (χ1n) is 3.70. The molecule has 0 rings (SSSR count). The largest absolute Gasteiger partial charge is 0.459 e. The summed E-state index contributed by atoms with van der Waals surface area (Å²) in [5.74, 6) is -0.362. The Balaban J connectivity index is 3.79. The SMILES string of the molecule is CCC(C)OC(=O)/C=C(/C)N. The maximum absolute atomic E-state index is 10.8. The first-order chi connectivity index (χ1) is 5.06. The van der Waals surface area contributed by atoms with Crippen LogP contribution in [0, 0.1) is 0 Å². The Morgan fingerprint density at radius 3 is 2.64 bits per heavy atom. The molecule has 0 fully saturated rings. The molecule has 11 heavy (non-hydrogen) atoms. The van der Waals surface area contributed by atoms with E-state index in [9.17, 15) is 4.79 Å². The zero-order valence-electron chi connectivity index (χ0n) is 7.26. The Bertz CT molecular complexity index is 159. The van der Waals surface area contributed by atoms with Gasteiger partial charge in [0.05, 0.1) is 6.10 Å². The topological polar surface area (TPSA) is 52.3 Å². The maximum Gasteiger partial charge on any atom is 0.332 e. The molecule has 3 heteroatoms. The van der Waals surface area contributed by atoms with E-state index < -0.39 is 0 Å². The lowest BCUT2D eigenvalue weighted by molar-refractivity contribution is -0.142. The normalized spacial score (nSPS) is 14.3. The first-order valence-corrected chi connectivity index (χ1v) is 3.70. The van der Waals surface area contributed by atoms with Crippen molar-refractivity contribution in [3.05, 3.63) is 11.8 Å². The molecular weight excluding hydrogens is 142 g/mol. The fourth-order valence-electron chi connectivity index (χ4n) is 0.502. The predicted molar refractivity (Wildman–Crippen MR) is 43.8 cm³/mol. The minimum Gasteiger partial charge on any atom is -0.459 e. The van der Waals surface area contributed by atoms with E-state index in [0.717, 1.165) is 6.42 Å². The summed E-state index contributed by atoms with van der Waals surface area (Å²) >= 11 is 0. The van der Waals surface area contributed by atoms with Crippen LogP contribution in [-0.2, 0) is 9.53 Å². The third kappa shape index (κ3) is 5.45. The fourth-order valence-corrected chi connectivity index (χ4v) is 0.502. The molecule has 0 aromatic rings. The molecule has 0 aliphatic rings. The van der Waals surface area contributed by atoms with Gasteiger partial charge in [-0.05, 0) is 20.3 Å². The van der Waals surface area contributed by atoms with Gasteiger partial charge in [-0.3, -0.25) is 0 Å². The van der Waals surface area contributed by atoms with Crippen LogP contribution < -0.4 is 5.73 Å². The second kappa shape index (κ2) is 4.77. The van der Waals surface area contributed by atoms with Crippen molar-refractivity contribution < 1.29 is 9.53 Å². The molecule has 0 aromatic heterocycles. The summed E-state index contributed by atoms with van der Waals surface area (Å²) in [6, 6.07) is 0. The molecule has 0 saturated carbocycles. The Labute approximate surface area is 67.2 Å². The Morgan fingerprint density at radius 1 is 1.73 bits per heavy atom. The quantitative estimate of drug-likeness (QED) is 0.494. The average molecular weight is 157 g/mol. The third-order valence-corrected chi connectivity index (χ3v) is 1.24. The molecule has 0 radical (unpaired) electrons. The molecule has 0 aliphatic heterocycles. The van der Waals surface area contributed by atoms with Crippen molar-refractivity contribution in [1.82, 2.24) is 0 Å². The predicted octanol–water partition coefficient (Wildman–Crippen LogP) is 1.19. The van der Waals surface area contributed by atoms with E-state index in [2.05, 4.69) is 0 Å². The molecule has 2 N–H and O–H groups in total. The lowest BCUT2D eigenvalue weighted by Gasteiger charge is -2.07. The van der Waals surface area contributed by atoms with Gasteiger partial charge in [0.2, 0.25) is 0 Å². The number of rotatable bonds is 3. The van der Waals surface area contributed by atoms with Gasteiger partial charge >= 0.3 is 5.97 Å². The maximum atomic E-state index is 10.8. The highest BCUT2D eigenvalue weighted by atomic mass is 16.5. The molecular formula is C8H15NO2. The van der Waals surface area contributed by atoms with E-state index in [1.54, 1.807) is 6.92 Å². The van der Waals surface area contributed by atoms with E-state index in [4.69, 9.17) is 10.5 Å². The highest BCUT2D eigenvalue weighted by Gasteiger charge is 2.03. The van der Waals surface area contributed by atoms with Crippen molar-refractivity contribution in [2.24, 2.45) is 5.73 Å². The van der Waals surface area contributed by atoms with E-state index >= 15 is 0 Å². The average Bonchev–Trinajstić information content (AvgIpc) is 1.85. The summed E-state index contributed by atoms with van der Waals surface area (Å²) in [4.78, 5) is 10.8. The van der Waals surface area contributed by atoms with Crippen LogP contribution in [0.5, 0.6) is 0 Å². The summed E-state index contributed by atoms with van der Waals surface area (Å²) < 4.78 is 4.92. The van der Waals surface area contributed by atoms with Crippen LogP contribution in [-0.4, -0.2) is 12.1 Å². The van der Waals surface area contributed by atoms with Gasteiger partial charge in [-0.1, -0.05) is 6.92 Å². The van der Waals surface area contributed by atoms with Crippen LogP contribution in [0.4, 0.5) is 0 Å². The van der Waals surface area contributed by atoms with Gasteiger partial charge in [-0.15, -0.1) is 0 Å². The molecule has 0 amide bonds. The molecule has 3 nitrogen and oxygen atoms in total. The number of esters is 1. The van der Waals surface area contributed by atoms with Crippen molar-refractivity contribution >= 4 is 5.97 Å². The molecule has 1 unspecified atom stereocenters. The van der Waals surface area contributed by atoms with Crippen molar-refractivity contribution in [3.8, 4) is 0 Å². The number of nitrogens with two attached hydrogens (primary N) is 1. The van der Waals surface area contributed by atoms with Gasteiger partial charge in [-0.25, -0.2) is 4.79 Å². The molecule has 1 atom stereocenters. The minimum absolute atomic E-state index is 0.0295. The second-order valence-electron chi connectivity index (χ2n) is 2.54. The summed E-state index contributed by atoms with van der Waals surface area (Å²) in [5.41, 5.74) is 5.74. The monoisotopic (exact) mass is 157 g/mol. The Morgan fingerprint density at radius 2 is 2.27 bits per heavy atom. The number of hydrogen-bond acceptors (Lipinski definition) is 3. The van der Waals surface area contributed by atoms with E-state index in [0.29, 0.717) is 5.70 Å². The molecule has 0 heterocycles. The van der Waals surface area contributed by atoms with Crippen molar-refractivity contribution in [2.75, 3.05) is 0 Å². The molecule has 0 spiro atoms. The van der Waals surface area contributed by atoms with Crippen LogP contribution in [0.1, 0.15) is 27.2 Å². The van der Waals surface area contributed by atoms with Gasteiger partial charge in [0.25, 0.3) is 0 Å². The minimum atomic E-state index is -0.362. The van der Waals surface area contributed by atoms with Crippen LogP contribution >= 0.6 is 0 Å². The van der Waals surface area contributed by atoms with Crippen LogP contribution in [0.2, 0.25) is 0 Å². The number of hydrogen-bond donors (Lipinski definition) is 1. The molecule has 0 aliphatic carbocycles. The van der Waals surface area contributed by atoms with E-state index in [-0.39, 0.29) is 12.1 Å².